The van der Waals surface area contributed by atoms with Gasteiger partial charge in [-0.25, -0.2) is 0 Å². The molecule has 0 unspecified atom stereocenters. The molecule has 0 aliphatic heterocycles. The largest absolute Gasteiger partial charge is 0.392 e. The predicted octanol–water partition coefficient (Wildman–Crippen LogP) is 2.09. The summed E-state index contributed by atoms with van der Waals surface area (Å²) >= 11 is 0. The third-order valence-corrected chi connectivity index (χ3v) is 5.30. The molecule has 2 heteroatoms. The highest BCUT2D eigenvalue weighted by atomic mass is 16.3. The van der Waals surface area contributed by atoms with Crippen LogP contribution in [0.5, 0.6) is 0 Å². The summed E-state index contributed by atoms with van der Waals surface area (Å²) in [5.41, 5.74) is -0.505. The Morgan fingerprint density at radius 1 is 1.00 bits per heavy atom. The van der Waals surface area contributed by atoms with Crippen molar-refractivity contribution < 1.29 is 10.2 Å². The van der Waals surface area contributed by atoms with Crippen LogP contribution in [0.3, 0.4) is 0 Å². The summed E-state index contributed by atoms with van der Waals surface area (Å²) in [5, 5.41) is 21.0. The first-order chi connectivity index (χ1) is 7.22. The summed E-state index contributed by atoms with van der Waals surface area (Å²) in [4.78, 5) is 0. The van der Waals surface area contributed by atoms with Crippen LogP contribution in [-0.2, 0) is 0 Å². The first-order valence-corrected chi connectivity index (χ1v) is 6.62. The SMILES string of the molecule is O[C@H]1[C@H]2CCC[C@H]1[C@]1(O)CCCC[C@H]1C2. The van der Waals surface area contributed by atoms with Gasteiger partial charge in [0.15, 0.2) is 0 Å². The van der Waals surface area contributed by atoms with Crippen LogP contribution in [0.4, 0.5) is 0 Å². The minimum atomic E-state index is -0.505. The minimum absolute atomic E-state index is 0.190. The molecule has 0 saturated heterocycles. The van der Waals surface area contributed by atoms with Gasteiger partial charge in [-0.05, 0) is 43.9 Å². The monoisotopic (exact) mass is 210 g/mol. The van der Waals surface area contributed by atoms with Crippen LogP contribution in [0.25, 0.3) is 0 Å². The van der Waals surface area contributed by atoms with Crippen LogP contribution in [0, 0.1) is 17.8 Å². The van der Waals surface area contributed by atoms with Crippen molar-refractivity contribution in [3.05, 3.63) is 0 Å². The highest BCUT2D eigenvalue weighted by molar-refractivity contribution is 5.05. The van der Waals surface area contributed by atoms with Crippen LogP contribution in [0.15, 0.2) is 0 Å². The van der Waals surface area contributed by atoms with Gasteiger partial charge in [0.2, 0.25) is 0 Å². The zero-order valence-electron chi connectivity index (χ0n) is 9.36. The van der Waals surface area contributed by atoms with Crippen molar-refractivity contribution in [2.24, 2.45) is 17.8 Å². The summed E-state index contributed by atoms with van der Waals surface area (Å²) in [6.45, 7) is 0. The Bertz CT molecular complexity index is 253. The summed E-state index contributed by atoms with van der Waals surface area (Å²) in [5.74, 6) is 1.17. The summed E-state index contributed by atoms with van der Waals surface area (Å²) in [6.07, 6.45) is 8.87. The zero-order valence-corrected chi connectivity index (χ0v) is 9.36. The van der Waals surface area contributed by atoms with E-state index in [1.54, 1.807) is 0 Å². The first kappa shape index (κ1) is 10.1. The third-order valence-electron chi connectivity index (χ3n) is 5.30. The maximum absolute atomic E-state index is 10.8. The fourth-order valence-corrected chi connectivity index (χ4v) is 4.50. The first-order valence-electron chi connectivity index (χ1n) is 6.62. The second-order valence-corrected chi connectivity index (χ2v) is 5.96. The lowest BCUT2D eigenvalue weighted by Gasteiger charge is -2.55. The Hall–Kier alpha value is -0.0800. The maximum atomic E-state index is 10.8. The summed E-state index contributed by atoms with van der Waals surface area (Å²) in [6, 6.07) is 0. The lowest BCUT2D eigenvalue weighted by atomic mass is 9.54. The van der Waals surface area contributed by atoms with Gasteiger partial charge >= 0.3 is 0 Å². The fourth-order valence-electron chi connectivity index (χ4n) is 4.50. The Morgan fingerprint density at radius 3 is 2.73 bits per heavy atom. The third kappa shape index (κ3) is 1.38. The summed E-state index contributed by atoms with van der Waals surface area (Å²) < 4.78 is 0. The molecule has 0 amide bonds. The van der Waals surface area contributed by atoms with Crippen LogP contribution < -0.4 is 0 Å². The van der Waals surface area contributed by atoms with Gasteiger partial charge in [0.1, 0.15) is 0 Å². The molecule has 3 rings (SSSR count). The van der Waals surface area contributed by atoms with E-state index in [2.05, 4.69) is 0 Å². The van der Waals surface area contributed by atoms with Gasteiger partial charge in [-0.1, -0.05) is 19.3 Å². The molecule has 5 atom stereocenters. The minimum Gasteiger partial charge on any atom is -0.392 e. The van der Waals surface area contributed by atoms with Crippen molar-refractivity contribution in [2.75, 3.05) is 0 Å². The van der Waals surface area contributed by atoms with Crippen molar-refractivity contribution >= 4 is 0 Å². The normalized spacial score (nSPS) is 54.8. The van der Waals surface area contributed by atoms with Crippen molar-refractivity contribution in [1.29, 1.82) is 0 Å². The molecule has 0 spiro atoms. The number of aliphatic hydroxyl groups excluding tert-OH is 1. The predicted molar refractivity (Wildman–Crippen MR) is 58.4 cm³/mol. The number of rotatable bonds is 0. The zero-order chi connectivity index (χ0) is 10.5. The smallest absolute Gasteiger partial charge is 0.0728 e. The van der Waals surface area contributed by atoms with E-state index < -0.39 is 5.60 Å². The molecule has 0 aromatic carbocycles. The number of fused-ring (bicyclic) bond motifs is 4. The van der Waals surface area contributed by atoms with Crippen LogP contribution in [0.1, 0.15) is 51.4 Å². The van der Waals surface area contributed by atoms with Gasteiger partial charge in [0, 0.05) is 5.92 Å². The lowest BCUT2D eigenvalue weighted by Crippen LogP contribution is -2.59. The molecule has 0 heterocycles. The molecule has 2 N–H and O–H groups in total. The average molecular weight is 210 g/mol. The van der Waals surface area contributed by atoms with Gasteiger partial charge in [-0.3, -0.25) is 0 Å². The molecule has 3 aliphatic carbocycles. The van der Waals surface area contributed by atoms with Crippen LogP contribution in [-0.4, -0.2) is 21.9 Å². The molecular weight excluding hydrogens is 188 g/mol. The van der Waals surface area contributed by atoms with Crippen molar-refractivity contribution in [2.45, 2.75) is 63.1 Å². The molecule has 15 heavy (non-hydrogen) atoms. The van der Waals surface area contributed by atoms with Gasteiger partial charge in [0.05, 0.1) is 11.7 Å². The second-order valence-electron chi connectivity index (χ2n) is 5.96. The van der Waals surface area contributed by atoms with Crippen molar-refractivity contribution in [3.63, 3.8) is 0 Å². The van der Waals surface area contributed by atoms with E-state index >= 15 is 0 Å². The molecule has 2 bridgehead atoms. The van der Waals surface area contributed by atoms with E-state index in [-0.39, 0.29) is 12.0 Å². The van der Waals surface area contributed by atoms with Crippen molar-refractivity contribution in [3.8, 4) is 0 Å². The van der Waals surface area contributed by atoms with Gasteiger partial charge in [0.25, 0.3) is 0 Å². The molecule has 3 saturated carbocycles. The molecule has 86 valence electrons. The second kappa shape index (κ2) is 3.46. The number of hydrogen-bond acceptors (Lipinski definition) is 2. The Labute approximate surface area is 91.7 Å². The topological polar surface area (TPSA) is 40.5 Å². The molecule has 3 fully saturated rings. The van der Waals surface area contributed by atoms with E-state index in [9.17, 15) is 10.2 Å². The molecular formula is C13H22O2. The highest BCUT2D eigenvalue weighted by Gasteiger charge is 2.54. The number of aliphatic hydroxyl groups is 2. The summed E-state index contributed by atoms with van der Waals surface area (Å²) in [7, 11) is 0. The van der Waals surface area contributed by atoms with Crippen LogP contribution in [0.2, 0.25) is 0 Å². The van der Waals surface area contributed by atoms with E-state index in [0.29, 0.717) is 11.8 Å². The van der Waals surface area contributed by atoms with E-state index in [1.165, 1.54) is 25.7 Å². The van der Waals surface area contributed by atoms with E-state index in [4.69, 9.17) is 0 Å². The van der Waals surface area contributed by atoms with Crippen molar-refractivity contribution in [1.82, 2.24) is 0 Å². The number of hydrogen-bond donors (Lipinski definition) is 2. The van der Waals surface area contributed by atoms with E-state index in [1.807, 2.05) is 0 Å². The lowest BCUT2D eigenvalue weighted by molar-refractivity contribution is -0.191. The quantitative estimate of drug-likeness (QED) is 0.642. The maximum Gasteiger partial charge on any atom is 0.0728 e. The standard InChI is InChI=1S/C13H22O2/c14-12-9-4-3-6-11(12)13(15)7-2-1-5-10(13)8-9/h9-12,14-15H,1-8H2/t9-,10-,11+,12-,13-/m0/s1. The molecule has 2 nitrogen and oxygen atoms in total. The average Bonchev–Trinajstić information content (AvgIpc) is 2.21. The van der Waals surface area contributed by atoms with Crippen LogP contribution >= 0.6 is 0 Å². The van der Waals surface area contributed by atoms with Gasteiger partial charge < -0.3 is 10.2 Å². The fraction of sp³-hybridized carbons (Fsp3) is 1.00. The van der Waals surface area contributed by atoms with E-state index in [0.717, 1.165) is 25.7 Å². The Kier molecular flexibility index (Phi) is 2.33. The molecule has 0 aromatic rings. The van der Waals surface area contributed by atoms with Gasteiger partial charge in [-0.15, -0.1) is 0 Å². The Morgan fingerprint density at radius 2 is 1.87 bits per heavy atom. The molecule has 0 aromatic heterocycles. The molecule has 3 aliphatic rings. The molecule has 0 radical (unpaired) electrons. The Balaban J connectivity index is 1.90. The van der Waals surface area contributed by atoms with Gasteiger partial charge in [-0.2, -0.15) is 0 Å². The highest BCUT2D eigenvalue weighted by Crippen LogP contribution is 2.53.